The molecule has 0 unspecified atom stereocenters. The molecule has 110 valence electrons. The summed E-state index contributed by atoms with van der Waals surface area (Å²) in [6, 6.07) is 0. The van der Waals surface area contributed by atoms with Crippen molar-refractivity contribution in [2.45, 2.75) is 46.5 Å². The van der Waals surface area contributed by atoms with E-state index in [1.54, 1.807) is 6.08 Å². The van der Waals surface area contributed by atoms with Crippen molar-refractivity contribution in [3.05, 3.63) is 23.9 Å². The third-order valence-electron chi connectivity index (χ3n) is 4.26. The fraction of sp³-hybridized carbons (Fsp3) is 0.647. The van der Waals surface area contributed by atoms with Crippen LogP contribution in [0.5, 0.6) is 0 Å². The minimum absolute atomic E-state index is 0.0110. The summed E-state index contributed by atoms with van der Waals surface area (Å²) in [5, 5.41) is 0. The summed E-state index contributed by atoms with van der Waals surface area (Å²) < 4.78 is 0. The summed E-state index contributed by atoms with van der Waals surface area (Å²) in [6.45, 7) is 8.37. The third kappa shape index (κ3) is 3.81. The molecule has 2 rings (SSSR count). The zero-order valence-electron chi connectivity index (χ0n) is 12.8. The van der Waals surface area contributed by atoms with Gasteiger partial charge in [0.25, 0.3) is 0 Å². The van der Waals surface area contributed by atoms with Crippen LogP contribution < -0.4 is 0 Å². The van der Waals surface area contributed by atoms with E-state index in [2.05, 4.69) is 11.8 Å². The molecule has 0 radical (unpaired) electrons. The third-order valence-corrected chi connectivity index (χ3v) is 4.26. The summed E-state index contributed by atoms with van der Waals surface area (Å²) in [4.78, 5) is 26.3. The highest BCUT2D eigenvalue weighted by atomic mass is 16.1. The summed E-state index contributed by atoms with van der Waals surface area (Å²) in [7, 11) is 0. The van der Waals surface area contributed by atoms with Gasteiger partial charge in [0, 0.05) is 25.9 Å². The van der Waals surface area contributed by atoms with Crippen LogP contribution in [0, 0.1) is 11.3 Å². The maximum Gasteiger partial charge on any atom is 0.166 e. The second-order valence-electron chi connectivity index (χ2n) is 7.00. The Hall–Kier alpha value is -1.38. The summed E-state index contributed by atoms with van der Waals surface area (Å²) >= 11 is 0. The number of likely N-dealkylation sites (tertiary alicyclic amines) is 1. The van der Waals surface area contributed by atoms with Crippen LogP contribution in [0.25, 0.3) is 0 Å². The molecule has 0 aromatic carbocycles. The first kappa shape index (κ1) is 15.0. The number of Topliss-reactive ketones (excluding diaryl/α,β-unsaturated/α-hetero) is 2. The molecule has 0 aromatic rings. The molecule has 0 aromatic heterocycles. The topological polar surface area (TPSA) is 37.4 Å². The van der Waals surface area contributed by atoms with Gasteiger partial charge >= 0.3 is 0 Å². The van der Waals surface area contributed by atoms with Gasteiger partial charge in [-0.2, -0.15) is 0 Å². The molecule has 1 heterocycles. The number of rotatable bonds is 2. The molecule has 1 saturated heterocycles. The van der Waals surface area contributed by atoms with Crippen molar-refractivity contribution < 1.29 is 9.59 Å². The van der Waals surface area contributed by atoms with E-state index in [0.717, 1.165) is 19.0 Å². The predicted octanol–water partition coefficient (Wildman–Crippen LogP) is 3.12. The molecular weight excluding hydrogens is 250 g/mol. The van der Waals surface area contributed by atoms with Crippen LogP contribution in [0.1, 0.15) is 46.5 Å². The summed E-state index contributed by atoms with van der Waals surface area (Å²) in [5.74, 6) is 0.785. The lowest BCUT2D eigenvalue weighted by molar-refractivity contribution is -0.127. The highest BCUT2D eigenvalue weighted by Gasteiger charge is 2.35. The Balaban J connectivity index is 1.97. The van der Waals surface area contributed by atoms with Crippen LogP contribution in [0.4, 0.5) is 0 Å². The highest BCUT2D eigenvalue weighted by molar-refractivity contribution is 6.22. The zero-order chi connectivity index (χ0) is 14.8. The molecule has 3 heteroatoms. The minimum atomic E-state index is -0.182. The van der Waals surface area contributed by atoms with Gasteiger partial charge < -0.3 is 4.90 Å². The second-order valence-corrected chi connectivity index (χ2v) is 7.00. The largest absolute Gasteiger partial charge is 0.377 e. The van der Waals surface area contributed by atoms with E-state index < -0.39 is 0 Å². The molecule has 2 fully saturated rings. The van der Waals surface area contributed by atoms with E-state index >= 15 is 0 Å². The number of carbonyl (C=O) groups is 2. The molecule has 0 bridgehead atoms. The van der Waals surface area contributed by atoms with E-state index in [1.165, 1.54) is 12.8 Å². The van der Waals surface area contributed by atoms with Crippen molar-refractivity contribution in [2.75, 3.05) is 13.1 Å². The predicted molar refractivity (Wildman–Crippen MR) is 80.2 cm³/mol. The molecular formula is C17H25NO2. The maximum absolute atomic E-state index is 12.0. The molecule has 1 saturated carbocycles. The number of carbonyl (C=O) groups excluding carboxylic acids is 2. The number of piperidine rings is 1. The average molecular weight is 275 g/mol. The zero-order valence-corrected chi connectivity index (χ0v) is 12.8. The molecule has 1 aliphatic heterocycles. The SMILES string of the molecule is CC1CCN(/C=C/C=C2C(=O)CC(C)(C)CC2=O)CC1. The fourth-order valence-electron chi connectivity index (χ4n) is 2.90. The molecule has 0 spiro atoms. The van der Waals surface area contributed by atoms with E-state index in [1.807, 2.05) is 26.1 Å². The number of nitrogens with zero attached hydrogens (tertiary/aromatic N) is 1. The van der Waals surface area contributed by atoms with Crippen LogP contribution in [-0.2, 0) is 9.59 Å². The fourth-order valence-corrected chi connectivity index (χ4v) is 2.90. The quantitative estimate of drug-likeness (QED) is 0.574. The average Bonchev–Trinajstić information content (AvgIpc) is 2.33. The lowest BCUT2D eigenvalue weighted by Crippen LogP contribution is -2.31. The van der Waals surface area contributed by atoms with Crippen LogP contribution >= 0.6 is 0 Å². The van der Waals surface area contributed by atoms with Crippen molar-refractivity contribution in [3.8, 4) is 0 Å². The molecule has 0 amide bonds. The minimum Gasteiger partial charge on any atom is -0.377 e. The van der Waals surface area contributed by atoms with Gasteiger partial charge in [-0.25, -0.2) is 0 Å². The van der Waals surface area contributed by atoms with Gasteiger partial charge in [0.15, 0.2) is 11.6 Å². The first-order valence-corrected chi connectivity index (χ1v) is 7.56. The lowest BCUT2D eigenvalue weighted by atomic mass is 9.74. The number of hydrogen-bond acceptors (Lipinski definition) is 3. The standard InChI is InChI=1S/C17H25NO2/c1-13-6-9-18(10-7-13)8-4-5-14-15(19)11-17(2,3)12-16(14)20/h4-5,8,13H,6-7,9-12H2,1-3H3/b8-4+. The molecule has 20 heavy (non-hydrogen) atoms. The van der Waals surface area contributed by atoms with Crippen LogP contribution in [0.2, 0.25) is 0 Å². The van der Waals surface area contributed by atoms with Gasteiger partial charge in [-0.05, 0) is 42.5 Å². The monoisotopic (exact) mass is 275 g/mol. The van der Waals surface area contributed by atoms with Gasteiger partial charge in [0.2, 0.25) is 0 Å². The molecule has 2 aliphatic rings. The smallest absolute Gasteiger partial charge is 0.166 e. The molecule has 1 aliphatic carbocycles. The second kappa shape index (κ2) is 5.94. The van der Waals surface area contributed by atoms with Crippen molar-refractivity contribution in [2.24, 2.45) is 11.3 Å². The summed E-state index contributed by atoms with van der Waals surface area (Å²) in [6.07, 6.45) is 8.95. The van der Waals surface area contributed by atoms with Crippen LogP contribution in [-0.4, -0.2) is 29.6 Å². The first-order chi connectivity index (χ1) is 9.37. The van der Waals surface area contributed by atoms with Crippen molar-refractivity contribution in [1.29, 1.82) is 0 Å². The van der Waals surface area contributed by atoms with Crippen molar-refractivity contribution >= 4 is 11.6 Å². The van der Waals surface area contributed by atoms with Gasteiger partial charge in [0.1, 0.15) is 0 Å². The molecule has 0 atom stereocenters. The van der Waals surface area contributed by atoms with Gasteiger partial charge in [0.05, 0.1) is 5.57 Å². The van der Waals surface area contributed by atoms with Gasteiger partial charge in [-0.3, -0.25) is 9.59 Å². The van der Waals surface area contributed by atoms with Crippen LogP contribution in [0.15, 0.2) is 23.9 Å². The lowest BCUT2D eigenvalue weighted by Gasteiger charge is -2.29. The Morgan fingerprint density at radius 2 is 1.65 bits per heavy atom. The number of allylic oxidation sites excluding steroid dienone is 3. The molecule has 0 N–H and O–H groups in total. The number of hydrogen-bond donors (Lipinski definition) is 0. The maximum atomic E-state index is 12.0. The Morgan fingerprint density at radius 3 is 2.20 bits per heavy atom. The van der Waals surface area contributed by atoms with Gasteiger partial charge in [-0.15, -0.1) is 0 Å². The van der Waals surface area contributed by atoms with Crippen molar-refractivity contribution in [1.82, 2.24) is 4.90 Å². The summed E-state index contributed by atoms with van der Waals surface area (Å²) in [5.41, 5.74) is 0.198. The Morgan fingerprint density at radius 1 is 1.10 bits per heavy atom. The first-order valence-electron chi connectivity index (χ1n) is 7.56. The van der Waals surface area contributed by atoms with Crippen LogP contribution in [0.3, 0.4) is 0 Å². The number of ketones is 2. The Labute approximate surface area is 121 Å². The van der Waals surface area contributed by atoms with Gasteiger partial charge in [-0.1, -0.05) is 20.8 Å². The van der Waals surface area contributed by atoms with E-state index in [9.17, 15) is 9.59 Å². The Bertz CT molecular complexity index is 430. The van der Waals surface area contributed by atoms with E-state index in [4.69, 9.17) is 0 Å². The highest BCUT2D eigenvalue weighted by Crippen LogP contribution is 2.33. The van der Waals surface area contributed by atoms with E-state index in [0.29, 0.717) is 18.4 Å². The van der Waals surface area contributed by atoms with Crippen molar-refractivity contribution in [3.63, 3.8) is 0 Å². The molecule has 3 nitrogen and oxygen atoms in total. The normalized spacial score (nSPS) is 24.6. The van der Waals surface area contributed by atoms with E-state index in [-0.39, 0.29) is 17.0 Å². The Kier molecular flexibility index (Phi) is 4.46.